The van der Waals surface area contributed by atoms with Crippen LogP contribution in [0.15, 0.2) is 18.2 Å². The summed E-state index contributed by atoms with van der Waals surface area (Å²) in [5.41, 5.74) is -0.388. The van der Waals surface area contributed by atoms with Gasteiger partial charge < -0.3 is 5.32 Å². The first-order valence-corrected chi connectivity index (χ1v) is 8.01. The van der Waals surface area contributed by atoms with Crippen LogP contribution in [-0.4, -0.2) is 33.7 Å². The Balaban J connectivity index is 1.64. The molecule has 24 heavy (non-hydrogen) atoms. The van der Waals surface area contributed by atoms with Crippen LogP contribution in [0.25, 0.3) is 0 Å². The molecule has 0 atom stereocenters. The van der Waals surface area contributed by atoms with Crippen molar-refractivity contribution in [1.82, 2.24) is 4.90 Å². The van der Waals surface area contributed by atoms with Gasteiger partial charge in [0.15, 0.2) is 0 Å². The summed E-state index contributed by atoms with van der Waals surface area (Å²) in [7, 11) is 0. The minimum absolute atomic E-state index is 0.0467. The molecule has 1 aliphatic carbocycles. The Kier molecular flexibility index (Phi) is 4.46. The maximum absolute atomic E-state index is 13.6. The zero-order valence-corrected chi connectivity index (χ0v) is 13.0. The lowest BCUT2D eigenvalue weighted by atomic mass is 9.90. The monoisotopic (exact) mass is 335 g/mol. The number of nitrogens with zero attached hydrogens (tertiary/aromatic N) is 2. The maximum atomic E-state index is 13.6. The lowest BCUT2D eigenvalue weighted by Crippen LogP contribution is -2.43. The Morgan fingerprint density at radius 2 is 1.75 bits per heavy atom. The average molecular weight is 335 g/mol. The summed E-state index contributed by atoms with van der Waals surface area (Å²) < 4.78 is 13.6. The van der Waals surface area contributed by atoms with Gasteiger partial charge in [0.2, 0.25) is 17.6 Å². The van der Waals surface area contributed by atoms with E-state index in [4.69, 9.17) is 0 Å². The number of nitrogens with one attached hydrogen (secondary N) is 1. The molecule has 3 rings (SSSR count). The molecule has 0 spiro atoms. The summed E-state index contributed by atoms with van der Waals surface area (Å²) in [6.07, 6.45) is 3.19. The summed E-state index contributed by atoms with van der Waals surface area (Å²) in [5.74, 6) is -1.10. The number of rotatable bonds is 4. The highest BCUT2D eigenvalue weighted by atomic mass is 19.1. The molecule has 1 N–H and O–H groups in total. The van der Waals surface area contributed by atoms with Gasteiger partial charge in [-0.15, -0.1) is 0 Å². The van der Waals surface area contributed by atoms with E-state index in [9.17, 15) is 24.1 Å². The van der Waals surface area contributed by atoms with E-state index in [1.54, 1.807) is 0 Å². The Hall–Kier alpha value is -2.51. The summed E-state index contributed by atoms with van der Waals surface area (Å²) in [4.78, 5) is 35.2. The number of para-hydroxylation sites is 1. The Bertz CT molecular complexity index is 670. The average Bonchev–Trinajstić information content (AvgIpc) is 2.87. The predicted molar refractivity (Wildman–Crippen MR) is 83.8 cm³/mol. The van der Waals surface area contributed by atoms with Gasteiger partial charge in [-0.3, -0.25) is 24.6 Å². The van der Waals surface area contributed by atoms with Crippen molar-refractivity contribution in [3.63, 3.8) is 0 Å². The summed E-state index contributed by atoms with van der Waals surface area (Å²) >= 11 is 0. The fraction of sp³-hybridized carbons (Fsp3) is 0.500. The number of anilines is 1. The van der Waals surface area contributed by atoms with Gasteiger partial charge in [-0.2, -0.15) is 4.39 Å². The van der Waals surface area contributed by atoms with Crippen LogP contribution in [0, 0.1) is 15.9 Å². The highest BCUT2D eigenvalue weighted by Gasteiger charge is 2.37. The molecular formula is C16H18FN3O4. The first-order valence-electron chi connectivity index (χ1n) is 8.01. The van der Waals surface area contributed by atoms with E-state index >= 15 is 0 Å². The van der Waals surface area contributed by atoms with Crippen LogP contribution in [0.5, 0.6) is 0 Å². The third-order valence-electron chi connectivity index (χ3n) is 4.68. The number of carbonyl (C=O) groups excluding carboxylic acids is 2. The van der Waals surface area contributed by atoms with Crippen molar-refractivity contribution in [2.75, 3.05) is 5.32 Å². The van der Waals surface area contributed by atoms with Gasteiger partial charge in [0.25, 0.3) is 0 Å². The van der Waals surface area contributed by atoms with E-state index in [2.05, 4.69) is 5.32 Å². The van der Waals surface area contributed by atoms with E-state index < -0.39 is 16.4 Å². The molecule has 0 aromatic heterocycles. The van der Waals surface area contributed by atoms with Crippen LogP contribution in [0.4, 0.5) is 15.8 Å². The molecule has 1 saturated heterocycles. The number of carbonyl (C=O) groups is 2. The number of nitro benzene ring substituents is 1. The summed E-state index contributed by atoms with van der Waals surface area (Å²) in [5, 5.41) is 14.1. The minimum atomic E-state index is -0.869. The van der Waals surface area contributed by atoms with Gasteiger partial charge in [-0.25, -0.2) is 0 Å². The minimum Gasteiger partial charge on any atom is -0.377 e. The molecule has 1 aliphatic heterocycles. The molecule has 8 heteroatoms. The Labute approximate surface area is 138 Å². The smallest absolute Gasteiger partial charge is 0.327 e. The molecule has 2 amide bonds. The maximum Gasteiger partial charge on any atom is 0.327 e. The van der Waals surface area contributed by atoms with Crippen LogP contribution < -0.4 is 5.32 Å². The number of benzene rings is 1. The van der Waals surface area contributed by atoms with E-state index in [1.165, 1.54) is 17.0 Å². The van der Waals surface area contributed by atoms with Gasteiger partial charge in [-0.05, 0) is 37.8 Å². The standard InChI is InChI=1S/C16H18FN3O4/c17-12-2-1-3-13(16(12)20(23)24)18-10-4-6-11(7-5-10)19-14(21)8-9-15(19)22/h1-3,10-11,18H,4-9H2. The zero-order valence-electron chi connectivity index (χ0n) is 13.0. The molecular weight excluding hydrogens is 317 g/mol. The van der Waals surface area contributed by atoms with Gasteiger partial charge >= 0.3 is 5.69 Å². The van der Waals surface area contributed by atoms with Gasteiger partial charge in [0.1, 0.15) is 5.69 Å². The van der Waals surface area contributed by atoms with Crippen LogP contribution in [-0.2, 0) is 9.59 Å². The molecule has 1 heterocycles. The molecule has 128 valence electrons. The van der Waals surface area contributed by atoms with Crippen molar-refractivity contribution in [1.29, 1.82) is 0 Å². The molecule has 7 nitrogen and oxygen atoms in total. The largest absolute Gasteiger partial charge is 0.377 e. The summed E-state index contributed by atoms with van der Waals surface area (Å²) in [6, 6.07) is 3.84. The van der Waals surface area contributed by atoms with Gasteiger partial charge in [-0.1, -0.05) is 6.07 Å². The number of likely N-dealkylation sites (tertiary alicyclic amines) is 1. The van der Waals surface area contributed by atoms with E-state index in [1.807, 2.05) is 0 Å². The SMILES string of the molecule is O=C1CCC(=O)N1C1CCC(Nc2cccc(F)c2[N+](=O)[O-])CC1. The first kappa shape index (κ1) is 16.4. The molecule has 1 aromatic rings. The van der Waals surface area contributed by atoms with E-state index in [0.29, 0.717) is 25.7 Å². The highest BCUT2D eigenvalue weighted by Crippen LogP contribution is 2.32. The molecule has 0 bridgehead atoms. The van der Waals surface area contributed by atoms with E-state index in [0.717, 1.165) is 6.07 Å². The molecule has 2 aliphatic rings. The Morgan fingerprint density at radius 1 is 1.12 bits per heavy atom. The van der Waals surface area contributed by atoms with Crippen molar-refractivity contribution in [2.45, 2.75) is 50.6 Å². The van der Waals surface area contributed by atoms with Crippen LogP contribution in [0.3, 0.4) is 0 Å². The predicted octanol–water partition coefficient (Wildman–Crippen LogP) is 2.61. The van der Waals surface area contributed by atoms with E-state index in [-0.39, 0.29) is 42.4 Å². The molecule has 0 radical (unpaired) electrons. The van der Waals surface area contributed by atoms with Crippen LogP contribution in [0.1, 0.15) is 38.5 Å². The zero-order chi connectivity index (χ0) is 17.3. The number of amides is 2. The number of halogens is 1. The fourth-order valence-electron chi connectivity index (χ4n) is 3.52. The molecule has 0 unspecified atom stereocenters. The number of hydrogen-bond acceptors (Lipinski definition) is 5. The third kappa shape index (κ3) is 3.08. The summed E-state index contributed by atoms with van der Waals surface area (Å²) in [6.45, 7) is 0. The van der Waals surface area contributed by atoms with Crippen molar-refractivity contribution in [3.05, 3.63) is 34.1 Å². The number of nitro groups is 1. The van der Waals surface area contributed by atoms with Crippen molar-refractivity contribution >= 4 is 23.2 Å². The van der Waals surface area contributed by atoms with Crippen LogP contribution in [0.2, 0.25) is 0 Å². The number of hydrogen-bond donors (Lipinski definition) is 1. The highest BCUT2D eigenvalue weighted by molar-refractivity contribution is 6.02. The second kappa shape index (κ2) is 6.54. The second-order valence-electron chi connectivity index (χ2n) is 6.20. The molecule has 2 fully saturated rings. The first-order chi connectivity index (χ1) is 11.5. The van der Waals surface area contributed by atoms with Gasteiger partial charge in [0, 0.05) is 24.9 Å². The molecule has 1 aromatic carbocycles. The fourth-order valence-corrected chi connectivity index (χ4v) is 3.52. The van der Waals surface area contributed by atoms with Crippen molar-refractivity contribution in [2.24, 2.45) is 0 Å². The number of imide groups is 1. The lowest BCUT2D eigenvalue weighted by Gasteiger charge is -2.34. The quantitative estimate of drug-likeness (QED) is 0.519. The normalized spacial score (nSPS) is 24.3. The lowest BCUT2D eigenvalue weighted by molar-refractivity contribution is -0.386. The third-order valence-corrected chi connectivity index (χ3v) is 4.68. The van der Waals surface area contributed by atoms with Crippen molar-refractivity contribution < 1.29 is 18.9 Å². The molecule has 1 saturated carbocycles. The van der Waals surface area contributed by atoms with Crippen LogP contribution >= 0.6 is 0 Å². The Morgan fingerprint density at radius 3 is 2.33 bits per heavy atom. The van der Waals surface area contributed by atoms with Gasteiger partial charge in [0.05, 0.1) is 4.92 Å². The second-order valence-corrected chi connectivity index (χ2v) is 6.20. The van der Waals surface area contributed by atoms with Crippen molar-refractivity contribution in [3.8, 4) is 0 Å². The topological polar surface area (TPSA) is 92.6 Å².